The van der Waals surface area contributed by atoms with E-state index in [1.807, 2.05) is 18.9 Å². The van der Waals surface area contributed by atoms with Gasteiger partial charge in [-0.05, 0) is 26.9 Å². The third kappa shape index (κ3) is 4.22. The van der Waals surface area contributed by atoms with Gasteiger partial charge >= 0.3 is 0 Å². The van der Waals surface area contributed by atoms with Crippen LogP contribution in [0.3, 0.4) is 0 Å². The lowest BCUT2D eigenvalue weighted by Gasteiger charge is -2.17. The van der Waals surface area contributed by atoms with E-state index in [-0.39, 0.29) is 12.6 Å². The van der Waals surface area contributed by atoms with E-state index in [1.54, 1.807) is 12.4 Å². The zero-order valence-electron chi connectivity index (χ0n) is 9.93. The maximum Gasteiger partial charge on any atom is 0.0754 e. The minimum Gasteiger partial charge on any atom is -0.395 e. The second-order valence-corrected chi connectivity index (χ2v) is 4.00. The predicted molar refractivity (Wildman–Crippen MR) is 62.9 cm³/mol. The van der Waals surface area contributed by atoms with Gasteiger partial charge in [-0.25, -0.2) is 0 Å². The Kier molecular flexibility index (Phi) is 5.31. The highest BCUT2D eigenvalue weighted by Gasteiger charge is 2.08. The van der Waals surface area contributed by atoms with Crippen LogP contribution in [0.1, 0.15) is 23.9 Å². The Labute approximate surface area is 96.3 Å². The fourth-order valence-electron chi connectivity index (χ4n) is 1.38. The highest BCUT2D eigenvalue weighted by atomic mass is 16.3. The summed E-state index contributed by atoms with van der Waals surface area (Å²) >= 11 is 0. The number of hydrogen-bond donors (Lipinski definition) is 2. The molecule has 3 N–H and O–H groups in total. The van der Waals surface area contributed by atoms with Gasteiger partial charge in [-0.15, -0.1) is 0 Å². The number of nitrogens with two attached hydrogens (primary N) is 1. The molecule has 5 nitrogen and oxygen atoms in total. The number of aliphatic hydroxyl groups excluding tert-OH is 1. The second-order valence-electron chi connectivity index (χ2n) is 4.00. The normalized spacial score (nSPS) is 13.1. The van der Waals surface area contributed by atoms with Crippen LogP contribution in [-0.4, -0.2) is 46.7 Å². The molecule has 0 bridgehead atoms. The number of rotatable bonds is 6. The molecule has 1 unspecified atom stereocenters. The summed E-state index contributed by atoms with van der Waals surface area (Å²) in [6, 6.07) is -0.0887. The smallest absolute Gasteiger partial charge is 0.0754 e. The van der Waals surface area contributed by atoms with E-state index < -0.39 is 0 Å². The summed E-state index contributed by atoms with van der Waals surface area (Å²) < 4.78 is 0. The van der Waals surface area contributed by atoms with Crippen molar-refractivity contribution in [3.05, 3.63) is 23.8 Å². The number of aryl methyl sites for hydroxylation is 1. The van der Waals surface area contributed by atoms with Crippen molar-refractivity contribution in [2.45, 2.75) is 19.4 Å². The highest BCUT2D eigenvalue weighted by Crippen LogP contribution is 2.10. The lowest BCUT2D eigenvalue weighted by Crippen LogP contribution is -2.26. The number of aromatic nitrogens is 2. The molecule has 1 atom stereocenters. The minimum atomic E-state index is -0.0887. The minimum absolute atomic E-state index is 0.0887. The molecule has 0 aromatic carbocycles. The maximum atomic E-state index is 8.75. The predicted octanol–water partition coefficient (Wildman–Crippen LogP) is 0.0990. The van der Waals surface area contributed by atoms with Crippen molar-refractivity contribution in [2.75, 3.05) is 26.7 Å². The first-order valence-corrected chi connectivity index (χ1v) is 5.47. The van der Waals surface area contributed by atoms with Crippen molar-refractivity contribution >= 4 is 0 Å². The topological polar surface area (TPSA) is 75.3 Å². The fraction of sp³-hybridized carbons (Fsp3) is 0.636. The lowest BCUT2D eigenvalue weighted by atomic mass is 10.1. The van der Waals surface area contributed by atoms with Crippen molar-refractivity contribution in [3.63, 3.8) is 0 Å². The zero-order valence-corrected chi connectivity index (χ0v) is 9.93. The summed E-state index contributed by atoms with van der Waals surface area (Å²) in [7, 11) is 1.96. The molecule has 16 heavy (non-hydrogen) atoms. The number of nitrogens with zero attached hydrogens (tertiary/aromatic N) is 3. The maximum absolute atomic E-state index is 8.75. The van der Waals surface area contributed by atoms with Crippen LogP contribution in [0, 0.1) is 6.92 Å². The van der Waals surface area contributed by atoms with E-state index in [2.05, 4.69) is 9.97 Å². The molecule has 1 heterocycles. The summed E-state index contributed by atoms with van der Waals surface area (Å²) in [6.07, 6.45) is 4.27. The van der Waals surface area contributed by atoms with Crippen LogP contribution in [0.2, 0.25) is 0 Å². The van der Waals surface area contributed by atoms with E-state index in [1.165, 1.54) is 0 Å². The average Bonchev–Trinajstić information content (AvgIpc) is 2.27. The number of likely N-dealkylation sites (N-methyl/N-ethyl adjacent to an activating group) is 1. The molecule has 0 fully saturated rings. The van der Waals surface area contributed by atoms with Crippen molar-refractivity contribution in [3.8, 4) is 0 Å². The highest BCUT2D eigenvalue weighted by molar-refractivity contribution is 5.04. The standard InChI is InChI=1S/C11H20N4O/c1-9-7-14-11(8-13-9)10(12)3-4-15(2)5-6-16/h7-8,10,16H,3-6,12H2,1-2H3. The SMILES string of the molecule is Cc1cnc(C(N)CCN(C)CCO)cn1. The lowest BCUT2D eigenvalue weighted by molar-refractivity contribution is 0.217. The molecule has 1 aromatic rings. The van der Waals surface area contributed by atoms with E-state index in [0.717, 1.165) is 24.4 Å². The summed E-state index contributed by atoms with van der Waals surface area (Å²) in [5.74, 6) is 0. The van der Waals surface area contributed by atoms with Crippen molar-refractivity contribution in [1.82, 2.24) is 14.9 Å². The Hall–Kier alpha value is -1.04. The van der Waals surface area contributed by atoms with Gasteiger partial charge in [0.05, 0.1) is 24.2 Å². The van der Waals surface area contributed by atoms with Gasteiger partial charge in [0.1, 0.15) is 0 Å². The molecular formula is C11H20N4O. The van der Waals surface area contributed by atoms with Crippen molar-refractivity contribution in [2.24, 2.45) is 5.73 Å². The quantitative estimate of drug-likeness (QED) is 0.716. The Balaban J connectivity index is 2.40. The molecule has 1 rings (SSSR count). The van der Waals surface area contributed by atoms with Crippen LogP contribution in [0.15, 0.2) is 12.4 Å². The van der Waals surface area contributed by atoms with Gasteiger partial charge in [0.2, 0.25) is 0 Å². The van der Waals surface area contributed by atoms with Gasteiger partial charge in [0.25, 0.3) is 0 Å². The Morgan fingerprint density at radius 1 is 1.38 bits per heavy atom. The van der Waals surface area contributed by atoms with E-state index in [4.69, 9.17) is 10.8 Å². The molecular weight excluding hydrogens is 204 g/mol. The molecule has 0 radical (unpaired) electrons. The Morgan fingerprint density at radius 2 is 2.12 bits per heavy atom. The van der Waals surface area contributed by atoms with Gasteiger partial charge in [0.15, 0.2) is 0 Å². The molecule has 0 aliphatic heterocycles. The largest absolute Gasteiger partial charge is 0.395 e. The molecule has 0 saturated heterocycles. The average molecular weight is 224 g/mol. The van der Waals surface area contributed by atoms with Crippen molar-refractivity contribution in [1.29, 1.82) is 0 Å². The zero-order chi connectivity index (χ0) is 12.0. The molecule has 0 aliphatic carbocycles. The van der Waals surface area contributed by atoms with Gasteiger partial charge in [-0.2, -0.15) is 0 Å². The second kappa shape index (κ2) is 6.52. The summed E-state index contributed by atoms with van der Waals surface area (Å²) in [5.41, 5.74) is 7.72. The van der Waals surface area contributed by atoms with Gasteiger partial charge < -0.3 is 15.7 Å². The number of aliphatic hydroxyl groups is 1. The first-order chi connectivity index (χ1) is 7.63. The molecule has 0 amide bonds. The molecule has 0 saturated carbocycles. The molecule has 5 heteroatoms. The summed E-state index contributed by atoms with van der Waals surface area (Å²) in [6.45, 7) is 3.59. The third-order valence-electron chi connectivity index (χ3n) is 2.48. The van der Waals surface area contributed by atoms with E-state index in [9.17, 15) is 0 Å². The third-order valence-corrected chi connectivity index (χ3v) is 2.48. The van der Waals surface area contributed by atoms with Gasteiger partial charge in [-0.1, -0.05) is 0 Å². The fourth-order valence-corrected chi connectivity index (χ4v) is 1.38. The van der Waals surface area contributed by atoms with Crippen LogP contribution < -0.4 is 5.73 Å². The van der Waals surface area contributed by atoms with Crippen LogP contribution in [0.5, 0.6) is 0 Å². The summed E-state index contributed by atoms with van der Waals surface area (Å²) in [5, 5.41) is 8.75. The van der Waals surface area contributed by atoms with Crippen LogP contribution >= 0.6 is 0 Å². The van der Waals surface area contributed by atoms with Crippen LogP contribution in [-0.2, 0) is 0 Å². The number of hydrogen-bond acceptors (Lipinski definition) is 5. The first kappa shape index (κ1) is 13.0. The molecule has 0 aliphatic rings. The van der Waals surface area contributed by atoms with Gasteiger partial charge in [0, 0.05) is 18.8 Å². The van der Waals surface area contributed by atoms with Gasteiger partial charge in [-0.3, -0.25) is 9.97 Å². The molecule has 0 spiro atoms. The Bertz CT molecular complexity index is 301. The first-order valence-electron chi connectivity index (χ1n) is 5.47. The molecule has 90 valence electrons. The summed E-state index contributed by atoms with van der Waals surface area (Å²) in [4.78, 5) is 10.5. The Morgan fingerprint density at radius 3 is 2.69 bits per heavy atom. The molecule has 1 aromatic heterocycles. The van der Waals surface area contributed by atoms with E-state index >= 15 is 0 Å². The van der Waals surface area contributed by atoms with E-state index in [0.29, 0.717) is 6.54 Å². The van der Waals surface area contributed by atoms with Crippen LogP contribution in [0.25, 0.3) is 0 Å². The van der Waals surface area contributed by atoms with Crippen molar-refractivity contribution < 1.29 is 5.11 Å². The monoisotopic (exact) mass is 224 g/mol. The van der Waals surface area contributed by atoms with Crippen LogP contribution in [0.4, 0.5) is 0 Å².